The summed E-state index contributed by atoms with van der Waals surface area (Å²) in [4.78, 5) is 17.5. The number of piperazine rings is 1. The first-order valence-electron chi connectivity index (χ1n) is 8.21. The lowest BCUT2D eigenvalue weighted by Crippen LogP contribution is -2.49. The van der Waals surface area contributed by atoms with E-state index in [1.807, 2.05) is 47.5 Å². The smallest absolute Gasteiger partial charge is 0.258 e. The van der Waals surface area contributed by atoms with Gasteiger partial charge in [-0.05, 0) is 24.7 Å². The van der Waals surface area contributed by atoms with Gasteiger partial charge in [0.1, 0.15) is 0 Å². The van der Waals surface area contributed by atoms with Gasteiger partial charge in [0.2, 0.25) is 0 Å². The van der Waals surface area contributed by atoms with Crippen LogP contribution in [0.5, 0.6) is 0 Å². The Morgan fingerprint density at radius 3 is 2.71 bits per heavy atom. The molecule has 2 aromatic heterocycles. The van der Waals surface area contributed by atoms with E-state index in [9.17, 15) is 4.79 Å². The zero-order chi connectivity index (χ0) is 16.5. The second-order valence-electron chi connectivity index (χ2n) is 6.28. The van der Waals surface area contributed by atoms with E-state index in [1.165, 1.54) is 5.56 Å². The first-order valence-corrected chi connectivity index (χ1v) is 8.21. The molecule has 4 rings (SSSR count). The van der Waals surface area contributed by atoms with Crippen LogP contribution in [0.4, 0.5) is 0 Å². The molecule has 5 nitrogen and oxygen atoms in total. The molecule has 1 atom stereocenters. The van der Waals surface area contributed by atoms with Crippen LogP contribution in [0.25, 0.3) is 5.52 Å². The normalized spacial score (nSPS) is 18.9. The van der Waals surface area contributed by atoms with Crippen molar-refractivity contribution in [2.75, 3.05) is 26.7 Å². The lowest BCUT2D eigenvalue weighted by Gasteiger charge is -2.40. The molecule has 0 bridgehead atoms. The number of hydrogen-bond acceptors (Lipinski definition) is 3. The number of likely N-dealkylation sites (N-methyl/N-ethyl adjacent to an activating group) is 1. The summed E-state index contributed by atoms with van der Waals surface area (Å²) in [5.41, 5.74) is 2.70. The van der Waals surface area contributed by atoms with Crippen molar-refractivity contribution in [2.24, 2.45) is 0 Å². The van der Waals surface area contributed by atoms with Crippen molar-refractivity contribution in [3.63, 3.8) is 0 Å². The highest BCUT2D eigenvalue weighted by Gasteiger charge is 2.31. The monoisotopic (exact) mass is 320 g/mol. The number of carbonyl (C=O) groups excluding carboxylic acids is 1. The van der Waals surface area contributed by atoms with E-state index in [0.717, 1.165) is 25.2 Å². The highest BCUT2D eigenvalue weighted by atomic mass is 16.2. The largest absolute Gasteiger partial charge is 0.329 e. The molecule has 1 fully saturated rings. The lowest BCUT2D eigenvalue weighted by molar-refractivity contribution is 0.0500. The Labute approximate surface area is 141 Å². The maximum absolute atomic E-state index is 13.2. The van der Waals surface area contributed by atoms with Crippen LogP contribution >= 0.6 is 0 Å². The second kappa shape index (κ2) is 6.09. The summed E-state index contributed by atoms with van der Waals surface area (Å²) in [6.07, 6.45) is 3.54. The first kappa shape index (κ1) is 14.9. The molecule has 0 N–H and O–H groups in total. The Morgan fingerprint density at radius 2 is 1.88 bits per heavy atom. The van der Waals surface area contributed by atoms with E-state index < -0.39 is 0 Å². The zero-order valence-corrected chi connectivity index (χ0v) is 13.7. The Balaban J connectivity index is 1.71. The van der Waals surface area contributed by atoms with E-state index in [4.69, 9.17) is 0 Å². The molecule has 3 aromatic rings. The third-order valence-electron chi connectivity index (χ3n) is 4.69. The molecule has 0 radical (unpaired) electrons. The van der Waals surface area contributed by atoms with Crippen LogP contribution in [0.15, 0.2) is 60.9 Å². The fourth-order valence-corrected chi connectivity index (χ4v) is 3.38. The van der Waals surface area contributed by atoms with E-state index in [2.05, 4.69) is 29.2 Å². The molecule has 1 saturated heterocycles. The highest BCUT2D eigenvalue weighted by Crippen LogP contribution is 2.27. The van der Waals surface area contributed by atoms with E-state index in [1.54, 1.807) is 10.7 Å². The van der Waals surface area contributed by atoms with Crippen molar-refractivity contribution in [3.05, 3.63) is 72.1 Å². The van der Waals surface area contributed by atoms with E-state index in [0.29, 0.717) is 5.56 Å². The minimum Gasteiger partial charge on any atom is -0.329 e. The van der Waals surface area contributed by atoms with Crippen LogP contribution < -0.4 is 0 Å². The number of aromatic nitrogens is 2. The van der Waals surface area contributed by atoms with Crippen LogP contribution in [0.1, 0.15) is 22.0 Å². The number of benzene rings is 1. The van der Waals surface area contributed by atoms with Gasteiger partial charge in [0.05, 0.1) is 23.3 Å². The Morgan fingerprint density at radius 1 is 1.08 bits per heavy atom. The average Bonchev–Trinajstić information content (AvgIpc) is 3.06. The number of pyridine rings is 1. The molecule has 0 spiro atoms. The third-order valence-corrected chi connectivity index (χ3v) is 4.69. The molecule has 1 amide bonds. The maximum atomic E-state index is 13.2. The maximum Gasteiger partial charge on any atom is 0.258 e. The summed E-state index contributed by atoms with van der Waals surface area (Å²) in [7, 11) is 2.10. The topological polar surface area (TPSA) is 40.8 Å². The number of rotatable bonds is 2. The first-order chi connectivity index (χ1) is 11.7. The molecule has 24 heavy (non-hydrogen) atoms. The molecule has 1 aromatic carbocycles. The van der Waals surface area contributed by atoms with Crippen molar-refractivity contribution >= 4 is 11.4 Å². The van der Waals surface area contributed by atoms with Crippen molar-refractivity contribution in [1.82, 2.24) is 19.4 Å². The Kier molecular flexibility index (Phi) is 3.78. The van der Waals surface area contributed by atoms with Crippen LogP contribution in [-0.4, -0.2) is 52.0 Å². The molecular weight excluding hydrogens is 300 g/mol. The van der Waals surface area contributed by atoms with Crippen molar-refractivity contribution in [1.29, 1.82) is 0 Å². The molecule has 122 valence electrons. The zero-order valence-electron chi connectivity index (χ0n) is 13.7. The summed E-state index contributed by atoms with van der Waals surface area (Å²) < 4.78 is 1.75. The second-order valence-corrected chi connectivity index (χ2v) is 6.28. The van der Waals surface area contributed by atoms with Gasteiger partial charge in [-0.3, -0.25) is 4.79 Å². The third kappa shape index (κ3) is 2.57. The molecule has 1 unspecified atom stereocenters. The molecule has 5 heteroatoms. The number of amides is 1. The SMILES string of the molecule is CN1CCN(C(=O)c2cnn3ccccc23)C(c2ccccc2)C1. The predicted molar refractivity (Wildman–Crippen MR) is 92.9 cm³/mol. The van der Waals surface area contributed by atoms with Gasteiger partial charge in [-0.15, -0.1) is 0 Å². The van der Waals surface area contributed by atoms with Crippen LogP contribution in [0, 0.1) is 0 Å². The van der Waals surface area contributed by atoms with Crippen LogP contribution in [0.2, 0.25) is 0 Å². The van der Waals surface area contributed by atoms with E-state index in [-0.39, 0.29) is 11.9 Å². The summed E-state index contributed by atoms with van der Waals surface area (Å²) in [6.45, 7) is 2.45. The molecule has 0 aliphatic carbocycles. The van der Waals surface area contributed by atoms with Crippen molar-refractivity contribution in [2.45, 2.75) is 6.04 Å². The number of carbonyl (C=O) groups is 1. The molecule has 3 heterocycles. The summed E-state index contributed by atoms with van der Waals surface area (Å²) in [5, 5.41) is 4.31. The van der Waals surface area contributed by atoms with Crippen LogP contribution in [-0.2, 0) is 0 Å². The predicted octanol–water partition coefficient (Wildman–Crippen LogP) is 2.46. The highest BCUT2D eigenvalue weighted by molar-refractivity contribution is 6.00. The molecule has 1 aliphatic rings. The molecular formula is C19H20N4O. The fraction of sp³-hybridized carbons (Fsp3) is 0.263. The summed E-state index contributed by atoms with van der Waals surface area (Å²) in [6, 6.07) is 16.1. The summed E-state index contributed by atoms with van der Waals surface area (Å²) in [5.74, 6) is 0.0538. The minimum atomic E-state index is 0.0538. The quantitative estimate of drug-likeness (QED) is 0.728. The molecule has 1 aliphatic heterocycles. The summed E-state index contributed by atoms with van der Waals surface area (Å²) >= 11 is 0. The number of nitrogens with zero attached hydrogens (tertiary/aromatic N) is 4. The number of hydrogen-bond donors (Lipinski definition) is 0. The molecule has 0 saturated carbocycles. The number of fused-ring (bicyclic) bond motifs is 1. The van der Waals surface area contributed by atoms with Crippen LogP contribution in [0.3, 0.4) is 0 Å². The average molecular weight is 320 g/mol. The Bertz CT molecular complexity index is 858. The standard InChI is InChI=1S/C19H20N4O/c1-21-11-12-22(18(14-21)15-7-3-2-4-8-15)19(24)16-13-20-23-10-6-5-9-17(16)23/h2-10,13,18H,11-12,14H2,1H3. The van der Waals surface area contributed by atoms with Crippen molar-refractivity contribution < 1.29 is 4.79 Å². The van der Waals surface area contributed by atoms with Gasteiger partial charge in [-0.2, -0.15) is 5.10 Å². The fourth-order valence-electron chi connectivity index (χ4n) is 3.38. The lowest BCUT2D eigenvalue weighted by atomic mass is 10.0. The Hall–Kier alpha value is -2.66. The van der Waals surface area contributed by atoms with E-state index >= 15 is 0 Å². The van der Waals surface area contributed by atoms with Gasteiger partial charge >= 0.3 is 0 Å². The van der Waals surface area contributed by atoms with Gasteiger partial charge in [0, 0.05) is 25.8 Å². The minimum absolute atomic E-state index is 0.0538. The van der Waals surface area contributed by atoms with Gasteiger partial charge < -0.3 is 9.80 Å². The van der Waals surface area contributed by atoms with Gasteiger partial charge in [-0.1, -0.05) is 36.4 Å². The van der Waals surface area contributed by atoms with Gasteiger partial charge in [0.15, 0.2) is 0 Å². The van der Waals surface area contributed by atoms with Gasteiger partial charge in [0.25, 0.3) is 5.91 Å². The van der Waals surface area contributed by atoms with Crippen molar-refractivity contribution in [3.8, 4) is 0 Å². The van der Waals surface area contributed by atoms with Gasteiger partial charge in [-0.25, -0.2) is 4.52 Å².